The molecule has 11 heteroatoms. The van der Waals surface area contributed by atoms with Crippen molar-refractivity contribution in [1.29, 1.82) is 0 Å². The van der Waals surface area contributed by atoms with E-state index in [0.29, 0.717) is 11.3 Å². The van der Waals surface area contributed by atoms with Crippen LogP contribution in [0, 0.1) is 0 Å². The lowest BCUT2D eigenvalue weighted by molar-refractivity contribution is -0.127. The van der Waals surface area contributed by atoms with Crippen molar-refractivity contribution in [2.75, 3.05) is 10.8 Å². The Kier molecular flexibility index (Phi) is 7.47. The Balaban J connectivity index is 1.65. The smallest absolute Gasteiger partial charge is 0.248 e. The van der Waals surface area contributed by atoms with Gasteiger partial charge in [0.05, 0.1) is 4.88 Å². The third-order valence-electron chi connectivity index (χ3n) is 5.72. The van der Waals surface area contributed by atoms with Gasteiger partial charge in [0.25, 0.3) is 0 Å². The number of hydrogen-bond donors (Lipinski definition) is 1. The first kappa shape index (κ1) is 24.2. The van der Waals surface area contributed by atoms with Crippen molar-refractivity contribution in [3.05, 3.63) is 60.8 Å². The van der Waals surface area contributed by atoms with Gasteiger partial charge in [-0.25, -0.2) is 23.1 Å². The van der Waals surface area contributed by atoms with E-state index >= 15 is 0 Å². The molecule has 1 N–H and O–H groups in total. The molecule has 2 aromatic heterocycles. The number of amides is 2. The van der Waals surface area contributed by atoms with E-state index in [-0.39, 0.29) is 31.6 Å². The average Bonchev–Trinajstić information content (AvgIpc) is 3.39. The van der Waals surface area contributed by atoms with Crippen LogP contribution in [0.3, 0.4) is 0 Å². The van der Waals surface area contributed by atoms with Crippen molar-refractivity contribution in [3.8, 4) is 10.4 Å². The first-order chi connectivity index (χ1) is 16.4. The van der Waals surface area contributed by atoms with Gasteiger partial charge in [-0.3, -0.25) is 14.5 Å². The van der Waals surface area contributed by atoms with Gasteiger partial charge in [-0.15, -0.1) is 11.6 Å². The Morgan fingerprint density at radius 3 is 2.41 bits per heavy atom. The minimum Gasteiger partial charge on any atom is -0.351 e. The van der Waals surface area contributed by atoms with Crippen LogP contribution in [0.1, 0.15) is 37.3 Å². The maximum atomic E-state index is 13.6. The third kappa shape index (κ3) is 5.56. The molecule has 0 aliphatic heterocycles. The highest BCUT2D eigenvalue weighted by Gasteiger charge is 2.38. The molecule has 0 saturated heterocycles. The van der Waals surface area contributed by atoms with Crippen LogP contribution in [0.25, 0.3) is 10.4 Å². The number of hydrogen-bond acceptors (Lipinski definition) is 6. The van der Waals surface area contributed by atoms with Gasteiger partial charge in [0, 0.05) is 48.7 Å². The highest BCUT2D eigenvalue weighted by molar-refractivity contribution is 7.09. The number of rotatable bonds is 7. The SMILES string of the molecule is O=C(NC1CCC(F)(F)CC1)[C@H](c1cncnc1)N(C(=O)CCl)c1ccc(-c2ccns2)cc1. The molecule has 178 valence electrons. The number of carbonyl (C=O) groups is 2. The number of nitrogens with zero attached hydrogens (tertiary/aromatic N) is 4. The van der Waals surface area contributed by atoms with E-state index in [1.165, 1.54) is 35.2 Å². The van der Waals surface area contributed by atoms with Crippen LogP contribution in [0.2, 0.25) is 0 Å². The zero-order valence-electron chi connectivity index (χ0n) is 18.0. The Labute approximate surface area is 204 Å². The largest absolute Gasteiger partial charge is 0.351 e. The maximum absolute atomic E-state index is 13.6. The summed E-state index contributed by atoms with van der Waals surface area (Å²) < 4.78 is 31.2. The molecule has 1 fully saturated rings. The van der Waals surface area contributed by atoms with E-state index < -0.39 is 29.8 Å². The van der Waals surface area contributed by atoms with Crippen molar-refractivity contribution in [2.45, 2.75) is 43.7 Å². The fraction of sp³-hybridized carbons (Fsp3) is 0.348. The molecule has 0 radical (unpaired) electrons. The number of benzene rings is 1. The number of aromatic nitrogens is 3. The molecule has 3 aromatic rings. The predicted octanol–water partition coefficient (Wildman–Crippen LogP) is 4.61. The molecule has 7 nitrogen and oxygen atoms in total. The second kappa shape index (κ2) is 10.5. The van der Waals surface area contributed by atoms with Crippen molar-refractivity contribution in [3.63, 3.8) is 0 Å². The van der Waals surface area contributed by atoms with E-state index in [2.05, 4.69) is 19.7 Å². The van der Waals surface area contributed by atoms with Crippen LogP contribution in [0.15, 0.2) is 55.2 Å². The van der Waals surface area contributed by atoms with Gasteiger partial charge in [-0.05, 0) is 48.1 Å². The van der Waals surface area contributed by atoms with E-state index in [9.17, 15) is 18.4 Å². The first-order valence-corrected chi connectivity index (χ1v) is 12.0. The van der Waals surface area contributed by atoms with Crippen LogP contribution >= 0.6 is 23.1 Å². The molecular formula is C23H22ClF2N5O2S. The molecule has 2 heterocycles. The van der Waals surface area contributed by atoms with Crippen molar-refractivity contribution < 1.29 is 18.4 Å². The maximum Gasteiger partial charge on any atom is 0.248 e. The van der Waals surface area contributed by atoms with Crippen molar-refractivity contribution >= 4 is 40.6 Å². The molecule has 2 amide bonds. The number of alkyl halides is 3. The highest BCUT2D eigenvalue weighted by atomic mass is 35.5. The highest BCUT2D eigenvalue weighted by Crippen LogP contribution is 2.34. The van der Waals surface area contributed by atoms with E-state index in [1.54, 1.807) is 18.3 Å². The summed E-state index contributed by atoms with van der Waals surface area (Å²) >= 11 is 7.27. The number of anilines is 1. The standard InChI is InChI=1S/C23H22ClF2N5O2S/c24-11-20(32)31(18-3-1-15(2-4-18)19-7-10-29-34-19)21(16-12-27-14-28-13-16)22(33)30-17-5-8-23(25,26)9-6-17/h1-4,7,10,12-14,17,21H,5-6,8-9,11H2,(H,30,33)/t21-/m0/s1. The fourth-order valence-corrected chi connectivity index (χ4v) is 4.71. The first-order valence-electron chi connectivity index (χ1n) is 10.7. The molecule has 1 saturated carbocycles. The molecule has 4 rings (SSSR count). The lowest BCUT2D eigenvalue weighted by Gasteiger charge is -2.34. The summed E-state index contributed by atoms with van der Waals surface area (Å²) in [5.74, 6) is -4.07. The number of carbonyl (C=O) groups excluding carboxylic acids is 2. The number of halogens is 3. The Bertz CT molecular complexity index is 1110. The minimum absolute atomic E-state index is 0.156. The molecule has 1 atom stereocenters. The molecule has 34 heavy (non-hydrogen) atoms. The summed E-state index contributed by atoms with van der Waals surface area (Å²) in [5, 5.41) is 2.85. The fourth-order valence-electron chi connectivity index (χ4n) is 3.99. The van der Waals surface area contributed by atoms with Crippen LogP contribution in [-0.4, -0.2) is 44.0 Å². The lowest BCUT2D eigenvalue weighted by Crippen LogP contribution is -2.48. The summed E-state index contributed by atoms with van der Waals surface area (Å²) in [6, 6.07) is 7.46. The van der Waals surface area contributed by atoms with Gasteiger partial charge < -0.3 is 5.32 Å². The second-order valence-electron chi connectivity index (χ2n) is 8.03. The van der Waals surface area contributed by atoms with Crippen LogP contribution in [0.4, 0.5) is 14.5 Å². The van der Waals surface area contributed by atoms with Crippen molar-refractivity contribution in [2.24, 2.45) is 0 Å². The molecular weight excluding hydrogens is 484 g/mol. The van der Waals surface area contributed by atoms with Crippen LogP contribution < -0.4 is 10.2 Å². The Morgan fingerprint density at radius 1 is 1.15 bits per heavy atom. The van der Waals surface area contributed by atoms with Crippen molar-refractivity contribution in [1.82, 2.24) is 19.7 Å². The zero-order valence-corrected chi connectivity index (χ0v) is 19.6. The molecule has 1 aliphatic carbocycles. The summed E-state index contributed by atoms with van der Waals surface area (Å²) in [6.07, 6.45) is 5.65. The summed E-state index contributed by atoms with van der Waals surface area (Å²) in [7, 11) is 0. The normalized spacial score (nSPS) is 16.6. The molecule has 0 bridgehead atoms. The van der Waals surface area contributed by atoms with Gasteiger partial charge >= 0.3 is 0 Å². The van der Waals surface area contributed by atoms with Gasteiger partial charge in [-0.1, -0.05) is 12.1 Å². The number of nitrogens with one attached hydrogen (secondary N) is 1. The molecule has 1 aliphatic rings. The summed E-state index contributed by atoms with van der Waals surface area (Å²) in [4.78, 5) is 36.7. The molecule has 0 unspecified atom stereocenters. The summed E-state index contributed by atoms with van der Waals surface area (Å²) in [5.41, 5.74) is 1.75. The average molecular weight is 506 g/mol. The predicted molar refractivity (Wildman–Crippen MR) is 126 cm³/mol. The van der Waals surface area contributed by atoms with Crippen LogP contribution in [-0.2, 0) is 9.59 Å². The Morgan fingerprint density at radius 2 is 1.82 bits per heavy atom. The minimum atomic E-state index is -2.71. The van der Waals surface area contributed by atoms with E-state index in [1.807, 2.05) is 18.2 Å². The topological polar surface area (TPSA) is 88.1 Å². The molecule has 0 spiro atoms. The van der Waals surface area contributed by atoms with Crippen LogP contribution in [0.5, 0.6) is 0 Å². The Hall–Kier alpha value is -2.98. The molecule has 1 aromatic carbocycles. The van der Waals surface area contributed by atoms with E-state index in [0.717, 1.165) is 10.4 Å². The zero-order chi connectivity index (χ0) is 24.1. The van der Waals surface area contributed by atoms with Gasteiger partial charge in [0.2, 0.25) is 17.7 Å². The van der Waals surface area contributed by atoms with Gasteiger partial charge in [0.15, 0.2) is 0 Å². The quantitative estimate of drug-likeness (QED) is 0.474. The third-order valence-corrected chi connectivity index (χ3v) is 6.74. The lowest BCUT2D eigenvalue weighted by atomic mass is 9.92. The second-order valence-corrected chi connectivity index (χ2v) is 9.13. The van der Waals surface area contributed by atoms with E-state index in [4.69, 9.17) is 11.6 Å². The van der Waals surface area contributed by atoms with Gasteiger partial charge in [-0.2, -0.15) is 0 Å². The van der Waals surface area contributed by atoms with Gasteiger partial charge in [0.1, 0.15) is 18.2 Å². The monoisotopic (exact) mass is 505 g/mol. The summed E-state index contributed by atoms with van der Waals surface area (Å²) in [6.45, 7) is 0.